The van der Waals surface area contributed by atoms with Crippen LogP contribution in [0.25, 0.3) is 16.5 Å². The zero-order valence-electron chi connectivity index (χ0n) is 16.7. The van der Waals surface area contributed by atoms with Gasteiger partial charge in [-0.1, -0.05) is 12.5 Å². The normalized spacial score (nSPS) is 15.8. The molecule has 0 amide bonds. The van der Waals surface area contributed by atoms with Crippen molar-refractivity contribution in [3.63, 3.8) is 0 Å². The van der Waals surface area contributed by atoms with Gasteiger partial charge in [0.2, 0.25) is 0 Å². The smallest absolute Gasteiger partial charge is 0.398 e. The van der Waals surface area contributed by atoms with Gasteiger partial charge in [0.25, 0.3) is 0 Å². The van der Waals surface area contributed by atoms with E-state index in [4.69, 9.17) is 16.6 Å². The number of pyridine rings is 1. The van der Waals surface area contributed by atoms with Crippen LogP contribution >= 0.6 is 0 Å². The zero-order valence-corrected chi connectivity index (χ0v) is 16.7. The van der Waals surface area contributed by atoms with E-state index in [1.807, 2.05) is 11.9 Å². The Balaban J connectivity index is 2.45. The topological polar surface area (TPSA) is 89.9 Å². The van der Waals surface area contributed by atoms with Crippen molar-refractivity contribution in [1.29, 1.82) is 10.8 Å². The lowest BCUT2D eigenvalue weighted by atomic mass is 9.87. The fraction of sp³-hybridized carbons (Fsp3) is 0.381. The first-order valence-corrected chi connectivity index (χ1v) is 9.39. The minimum absolute atomic E-state index is 0.151. The third-order valence-corrected chi connectivity index (χ3v) is 5.48. The van der Waals surface area contributed by atoms with Crippen molar-refractivity contribution in [3.05, 3.63) is 40.1 Å². The molecule has 0 radical (unpaired) electrons. The molecule has 0 atom stereocenters. The average Bonchev–Trinajstić information content (AvgIpc) is 2.67. The third-order valence-electron chi connectivity index (χ3n) is 5.48. The van der Waals surface area contributed by atoms with E-state index in [9.17, 15) is 13.2 Å². The minimum Gasteiger partial charge on any atom is -0.398 e. The molecular weight excluding hydrogens is 379 g/mol. The van der Waals surface area contributed by atoms with E-state index in [1.54, 1.807) is 26.0 Å². The second kappa shape index (κ2) is 7.59. The SMILES string of the molecule is CC/C(C)=C(\C(=N)C(F)(F)F)c1nc2ccc(N)c(C=N)c2c2c1CN(C)CC2. The number of nitrogens with one attached hydrogen (secondary N) is 2. The summed E-state index contributed by atoms with van der Waals surface area (Å²) in [7, 11) is 1.90. The van der Waals surface area contributed by atoms with Crippen molar-refractivity contribution >= 4 is 34.1 Å². The lowest BCUT2D eigenvalue weighted by Crippen LogP contribution is -2.30. The molecule has 5 nitrogen and oxygen atoms in total. The van der Waals surface area contributed by atoms with Crippen LogP contribution in [0.2, 0.25) is 0 Å². The van der Waals surface area contributed by atoms with Crippen LogP contribution in [0, 0.1) is 10.8 Å². The number of hydrogen-bond acceptors (Lipinski definition) is 5. The fourth-order valence-electron chi connectivity index (χ4n) is 3.83. The molecule has 0 fully saturated rings. The van der Waals surface area contributed by atoms with Gasteiger partial charge >= 0.3 is 6.18 Å². The molecule has 0 saturated heterocycles. The molecule has 0 saturated carbocycles. The maximum atomic E-state index is 13.5. The summed E-state index contributed by atoms with van der Waals surface area (Å²) in [5, 5.41) is 16.4. The number of alkyl halides is 3. The quantitative estimate of drug-likeness (QED) is 0.516. The standard InChI is InChI=1S/C21H24F3N5/c1-4-11(2)17(20(27)21(22,23)24)19-14-10-29(3)8-7-12(14)18-13(9-25)15(26)5-6-16(18)28-19/h5-6,9,25,27H,4,7-8,10,26H2,1-3H3/b17-11-,25-9?,27-20?. The van der Waals surface area contributed by atoms with E-state index in [0.717, 1.165) is 17.5 Å². The lowest BCUT2D eigenvalue weighted by Gasteiger charge is -2.30. The molecule has 154 valence electrons. The summed E-state index contributed by atoms with van der Waals surface area (Å²) >= 11 is 0. The highest BCUT2D eigenvalue weighted by molar-refractivity contribution is 6.26. The van der Waals surface area contributed by atoms with Crippen molar-refractivity contribution in [3.8, 4) is 0 Å². The van der Waals surface area contributed by atoms with Gasteiger partial charge in [0.1, 0.15) is 5.71 Å². The van der Waals surface area contributed by atoms with Gasteiger partial charge in [-0.05, 0) is 50.1 Å². The number of aromatic nitrogens is 1. The van der Waals surface area contributed by atoms with Crippen LogP contribution in [0.1, 0.15) is 42.7 Å². The molecule has 1 aliphatic heterocycles. The van der Waals surface area contributed by atoms with E-state index in [0.29, 0.717) is 47.3 Å². The van der Waals surface area contributed by atoms with E-state index in [-0.39, 0.29) is 11.3 Å². The Morgan fingerprint density at radius 1 is 1.31 bits per heavy atom. The van der Waals surface area contributed by atoms with Crippen molar-refractivity contribution in [1.82, 2.24) is 9.88 Å². The van der Waals surface area contributed by atoms with Crippen LogP contribution in [-0.2, 0) is 13.0 Å². The molecule has 2 aromatic rings. The van der Waals surface area contributed by atoms with Gasteiger partial charge in [-0.15, -0.1) is 0 Å². The highest BCUT2D eigenvalue weighted by Gasteiger charge is 2.39. The summed E-state index contributed by atoms with van der Waals surface area (Å²) < 4.78 is 40.6. The minimum atomic E-state index is -4.77. The molecule has 0 spiro atoms. The number of nitrogens with zero attached hydrogens (tertiary/aromatic N) is 2. The number of nitrogens with two attached hydrogens (primary N) is 1. The number of hydrogen-bond donors (Lipinski definition) is 3. The molecular formula is C21H24F3N5. The second-order valence-corrected chi connectivity index (χ2v) is 7.39. The van der Waals surface area contributed by atoms with Crippen molar-refractivity contribution in [2.24, 2.45) is 0 Å². The molecule has 4 N–H and O–H groups in total. The maximum Gasteiger partial charge on any atom is 0.433 e. The first kappa shape index (κ1) is 21.0. The van der Waals surface area contributed by atoms with Crippen LogP contribution in [0.4, 0.5) is 18.9 Å². The summed E-state index contributed by atoms with van der Waals surface area (Å²) in [6.07, 6.45) is -2.61. The van der Waals surface area contributed by atoms with Crippen molar-refractivity contribution in [2.45, 2.75) is 39.4 Å². The Morgan fingerprint density at radius 3 is 2.59 bits per heavy atom. The number of anilines is 1. The highest BCUT2D eigenvalue weighted by Crippen LogP contribution is 2.38. The predicted molar refractivity (Wildman–Crippen MR) is 111 cm³/mol. The number of nitrogen functional groups attached to an aromatic ring is 1. The Hall–Kier alpha value is -2.74. The number of fused-ring (bicyclic) bond motifs is 3. The Labute approximate surface area is 167 Å². The Morgan fingerprint density at radius 2 is 2.00 bits per heavy atom. The van der Waals surface area contributed by atoms with E-state index < -0.39 is 11.9 Å². The Bertz CT molecular complexity index is 1040. The predicted octanol–water partition coefficient (Wildman–Crippen LogP) is 4.57. The summed E-state index contributed by atoms with van der Waals surface area (Å²) in [6, 6.07) is 3.29. The molecule has 0 bridgehead atoms. The summed E-state index contributed by atoms with van der Waals surface area (Å²) in [6.45, 7) is 4.55. The van der Waals surface area contributed by atoms with Crippen LogP contribution in [-0.4, -0.2) is 41.6 Å². The van der Waals surface area contributed by atoms with E-state index in [2.05, 4.69) is 4.98 Å². The van der Waals surface area contributed by atoms with Crippen LogP contribution < -0.4 is 5.73 Å². The zero-order chi connectivity index (χ0) is 21.5. The van der Waals surface area contributed by atoms with Crippen LogP contribution in [0.3, 0.4) is 0 Å². The molecule has 8 heteroatoms. The van der Waals surface area contributed by atoms with Gasteiger partial charge in [0.15, 0.2) is 0 Å². The second-order valence-electron chi connectivity index (χ2n) is 7.39. The van der Waals surface area contributed by atoms with Gasteiger partial charge < -0.3 is 16.0 Å². The molecule has 1 aliphatic rings. The molecule has 0 aliphatic carbocycles. The first-order valence-electron chi connectivity index (χ1n) is 9.39. The van der Waals surface area contributed by atoms with E-state index >= 15 is 0 Å². The largest absolute Gasteiger partial charge is 0.433 e. The molecule has 2 heterocycles. The number of likely N-dealkylation sites (N-methyl/N-ethyl adjacent to an activating group) is 1. The average molecular weight is 403 g/mol. The fourth-order valence-corrected chi connectivity index (χ4v) is 3.83. The molecule has 0 unspecified atom stereocenters. The van der Waals surface area contributed by atoms with Crippen LogP contribution in [0.5, 0.6) is 0 Å². The maximum absolute atomic E-state index is 13.5. The Kier molecular flexibility index (Phi) is 5.49. The van der Waals surface area contributed by atoms with E-state index in [1.165, 1.54) is 6.21 Å². The van der Waals surface area contributed by atoms with Gasteiger partial charge in [0.05, 0.1) is 11.2 Å². The van der Waals surface area contributed by atoms with Gasteiger partial charge in [-0.25, -0.2) is 4.98 Å². The monoisotopic (exact) mass is 403 g/mol. The highest BCUT2D eigenvalue weighted by atomic mass is 19.4. The van der Waals surface area contributed by atoms with Crippen molar-refractivity contribution < 1.29 is 13.2 Å². The first-order chi connectivity index (χ1) is 13.6. The lowest BCUT2D eigenvalue weighted by molar-refractivity contribution is -0.0579. The molecule has 29 heavy (non-hydrogen) atoms. The molecule has 3 rings (SSSR count). The van der Waals surface area contributed by atoms with Gasteiger partial charge in [0, 0.05) is 41.5 Å². The number of rotatable bonds is 4. The number of benzene rings is 1. The van der Waals surface area contributed by atoms with Gasteiger partial charge in [-0.2, -0.15) is 13.2 Å². The molecule has 1 aromatic heterocycles. The summed E-state index contributed by atoms with van der Waals surface area (Å²) in [5.74, 6) is 0. The molecule has 1 aromatic carbocycles. The van der Waals surface area contributed by atoms with Crippen molar-refractivity contribution in [2.75, 3.05) is 19.3 Å². The summed E-state index contributed by atoms with van der Waals surface area (Å²) in [5.41, 5.74) is 8.21. The number of halogens is 3. The summed E-state index contributed by atoms with van der Waals surface area (Å²) in [4.78, 5) is 6.61. The number of allylic oxidation sites excluding steroid dienone is 2. The van der Waals surface area contributed by atoms with Crippen LogP contribution in [0.15, 0.2) is 17.7 Å². The van der Waals surface area contributed by atoms with Gasteiger partial charge in [-0.3, -0.25) is 5.41 Å². The third kappa shape index (κ3) is 3.64.